The highest BCUT2D eigenvalue weighted by atomic mass is 16.2. The summed E-state index contributed by atoms with van der Waals surface area (Å²) in [6.45, 7) is 3.46. The molecule has 1 aliphatic rings. The lowest BCUT2D eigenvalue weighted by Gasteiger charge is -2.25. The minimum Gasteiger partial charge on any atom is -0.351 e. The largest absolute Gasteiger partial charge is 0.351 e. The van der Waals surface area contributed by atoms with E-state index in [9.17, 15) is 9.59 Å². The van der Waals surface area contributed by atoms with E-state index in [-0.39, 0.29) is 24.4 Å². The number of nitrogens with one attached hydrogen (secondary N) is 1. The quantitative estimate of drug-likeness (QED) is 0.742. The van der Waals surface area contributed by atoms with Crippen molar-refractivity contribution in [3.05, 3.63) is 0 Å². The molecule has 1 atom stereocenters. The van der Waals surface area contributed by atoms with Crippen molar-refractivity contribution in [2.45, 2.75) is 64.3 Å². The number of unbranched alkanes of at least 4 members (excludes halogenated alkanes) is 1. The molecular weight excluding hydrogens is 254 g/mol. The Morgan fingerprint density at radius 2 is 2.10 bits per heavy atom. The molecule has 1 saturated heterocycles. The van der Waals surface area contributed by atoms with Gasteiger partial charge in [0.15, 0.2) is 0 Å². The first-order valence-corrected chi connectivity index (χ1v) is 7.94. The molecule has 5 heteroatoms. The lowest BCUT2D eigenvalue weighted by molar-refractivity contribution is -0.136. The van der Waals surface area contributed by atoms with E-state index in [2.05, 4.69) is 12.2 Å². The zero-order chi connectivity index (χ0) is 14.8. The van der Waals surface area contributed by atoms with Gasteiger partial charge >= 0.3 is 0 Å². The highest BCUT2D eigenvalue weighted by Gasteiger charge is 2.19. The van der Waals surface area contributed by atoms with E-state index in [1.807, 2.05) is 0 Å². The third-order valence-corrected chi connectivity index (χ3v) is 3.81. The average molecular weight is 283 g/mol. The van der Waals surface area contributed by atoms with E-state index in [4.69, 9.17) is 5.73 Å². The number of carbonyl (C=O) groups is 2. The van der Waals surface area contributed by atoms with Gasteiger partial charge in [-0.25, -0.2) is 0 Å². The van der Waals surface area contributed by atoms with Gasteiger partial charge < -0.3 is 16.0 Å². The van der Waals surface area contributed by atoms with Gasteiger partial charge in [0, 0.05) is 25.6 Å². The molecular formula is C15H29N3O2. The first kappa shape index (κ1) is 17.0. The number of likely N-dealkylation sites (tertiary alicyclic amines) is 1. The van der Waals surface area contributed by atoms with Gasteiger partial charge in [-0.2, -0.15) is 0 Å². The van der Waals surface area contributed by atoms with Crippen molar-refractivity contribution < 1.29 is 9.59 Å². The van der Waals surface area contributed by atoms with E-state index in [1.165, 1.54) is 0 Å². The van der Waals surface area contributed by atoms with Crippen molar-refractivity contribution in [3.63, 3.8) is 0 Å². The Bertz CT molecular complexity index is 307. The van der Waals surface area contributed by atoms with E-state index in [0.717, 1.165) is 44.9 Å². The number of hydrogen-bond donors (Lipinski definition) is 2. The van der Waals surface area contributed by atoms with Gasteiger partial charge in [0.1, 0.15) is 0 Å². The molecule has 3 N–H and O–H groups in total. The minimum atomic E-state index is -0.0783. The van der Waals surface area contributed by atoms with Crippen LogP contribution in [-0.4, -0.2) is 42.4 Å². The molecule has 20 heavy (non-hydrogen) atoms. The summed E-state index contributed by atoms with van der Waals surface area (Å²) in [6.07, 6.45) is 7.84. The van der Waals surface area contributed by atoms with Gasteiger partial charge in [0.05, 0.1) is 6.54 Å². The Kier molecular flexibility index (Phi) is 8.26. The van der Waals surface area contributed by atoms with E-state index in [1.54, 1.807) is 4.90 Å². The van der Waals surface area contributed by atoms with Gasteiger partial charge in [-0.15, -0.1) is 0 Å². The maximum atomic E-state index is 12.0. The SMILES string of the molecule is CCCCC(CN)NC(=O)CN1CCCCCCC1=O. The summed E-state index contributed by atoms with van der Waals surface area (Å²) < 4.78 is 0. The van der Waals surface area contributed by atoms with Gasteiger partial charge in [0.2, 0.25) is 11.8 Å². The van der Waals surface area contributed by atoms with Crippen molar-refractivity contribution in [2.24, 2.45) is 5.73 Å². The third-order valence-electron chi connectivity index (χ3n) is 3.81. The number of nitrogens with zero attached hydrogens (tertiary/aromatic N) is 1. The van der Waals surface area contributed by atoms with Gasteiger partial charge in [-0.1, -0.05) is 32.6 Å². The molecule has 5 nitrogen and oxygen atoms in total. The molecule has 1 rings (SSSR count). The zero-order valence-electron chi connectivity index (χ0n) is 12.7. The van der Waals surface area contributed by atoms with Crippen molar-refractivity contribution in [1.29, 1.82) is 0 Å². The minimum absolute atomic E-state index is 0.0345. The summed E-state index contributed by atoms with van der Waals surface area (Å²) in [6, 6.07) is 0.0345. The predicted molar refractivity (Wildman–Crippen MR) is 80.2 cm³/mol. The van der Waals surface area contributed by atoms with Crippen LogP contribution in [0.5, 0.6) is 0 Å². The summed E-state index contributed by atoms with van der Waals surface area (Å²) >= 11 is 0. The summed E-state index contributed by atoms with van der Waals surface area (Å²) in [4.78, 5) is 25.7. The third kappa shape index (κ3) is 6.37. The molecule has 0 bridgehead atoms. The fourth-order valence-corrected chi connectivity index (χ4v) is 2.53. The second kappa shape index (κ2) is 9.75. The van der Waals surface area contributed by atoms with Crippen molar-refractivity contribution in [2.75, 3.05) is 19.6 Å². The molecule has 0 aromatic carbocycles. The molecule has 0 radical (unpaired) electrons. The van der Waals surface area contributed by atoms with Crippen LogP contribution < -0.4 is 11.1 Å². The van der Waals surface area contributed by atoms with Crippen molar-refractivity contribution in [3.8, 4) is 0 Å². The molecule has 0 aromatic heterocycles. The number of rotatable bonds is 7. The topological polar surface area (TPSA) is 75.4 Å². The lowest BCUT2D eigenvalue weighted by atomic mass is 10.1. The summed E-state index contributed by atoms with van der Waals surface area (Å²) in [5, 5.41) is 2.95. The van der Waals surface area contributed by atoms with E-state index < -0.39 is 0 Å². The second-order valence-electron chi connectivity index (χ2n) is 5.62. The van der Waals surface area contributed by atoms with Crippen LogP contribution in [0, 0.1) is 0 Å². The smallest absolute Gasteiger partial charge is 0.239 e. The maximum absolute atomic E-state index is 12.0. The molecule has 116 valence electrons. The van der Waals surface area contributed by atoms with Crippen LogP contribution in [0.4, 0.5) is 0 Å². The van der Waals surface area contributed by atoms with Crippen molar-refractivity contribution >= 4 is 11.8 Å². The first-order valence-electron chi connectivity index (χ1n) is 7.94. The van der Waals surface area contributed by atoms with Crippen LogP contribution in [0.15, 0.2) is 0 Å². The van der Waals surface area contributed by atoms with Gasteiger partial charge in [0.25, 0.3) is 0 Å². The zero-order valence-corrected chi connectivity index (χ0v) is 12.7. The Hall–Kier alpha value is -1.10. The highest BCUT2D eigenvalue weighted by Crippen LogP contribution is 2.11. The predicted octanol–water partition coefficient (Wildman–Crippen LogP) is 1.41. The first-order chi connectivity index (χ1) is 9.67. The van der Waals surface area contributed by atoms with Crippen LogP contribution in [0.25, 0.3) is 0 Å². The van der Waals surface area contributed by atoms with E-state index >= 15 is 0 Å². The summed E-state index contributed by atoms with van der Waals surface area (Å²) in [5.41, 5.74) is 5.67. The molecule has 1 fully saturated rings. The number of nitrogens with two attached hydrogens (primary N) is 1. The van der Waals surface area contributed by atoms with Crippen molar-refractivity contribution in [1.82, 2.24) is 10.2 Å². The molecule has 2 amide bonds. The highest BCUT2D eigenvalue weighted by molar-refractivity contribution is 5.85. The number of carbonyl (C=O) groups excluding carboxylic acids is 2. The normalized spacial score (nSPS) is 18.3. The monoisotopic (exact) mass is 283 g/mol. The number of amides is 2. The molecule has 1 unspecified atom stereocenters. The maximum Gasteiger partial charge on any atom is 0.239 e. The molecule has 1 heterocycles. The summed E-state index contributed by atoms with van der Waals surface area (Å²) in [5.74, 6) is 0.0307. The Morgan fingerprint density at radius 3 is 2.80 bits per heavy atom. The Labute approximate surface area is 122 Å². The molecule has 0 spiro atoms. The Morgan fingerprint density at radius 1 is 1.35 bits per heavy atom. The van der Waals surface area contributed by atoms with Crippen LogP contribution in [0.3, 0.4) is 0 Å². The second-order valence-corrected chi connectivity index (χ2v) is 5.62. The van der Waals surface area contributed by atoms with Gasteiger partial charge in [-0.05, 0) is 19.3 Å². The molecule has 0 saturated carbocycles. The van der Waals surface area contributed by atoms with Crippen LogP contribution in [-0.2, 0) is 9.59 Å². The molecule has 0 aliphatic carbocycles. The lowest BCUT2D eigenvalue weighted by Crippen LogP contribution is -2.47. The Balaban J connectivity index is 2.39. The average Bonchev–Trinajstić information content (AvgIpc) is 2.43. The fourth-order valence-electron chi connectivity index (χ4n) is 2.53. The van der Waals surface area contributed by atoms with Crippen LogP contribution in [0.1, 0.15) is 58.3 Å². The van der Waals surface area contributed by atoms with Crippen LogP contribution in [0.2, 0.25) is 0 Å². The molecule has 1 aliphatic heterocycles. The van der Waals surface area contributed by atoms with E-state index in [0.29, 0.717) is 19.5 Å². The fraction of sp³-hybridized carbons (Fsp3) is 0.867. The molecule has 0 aromatic rings. The van der Waals surface area contributed by atoms with Crippen LogP contribution >= 0.6 is 0 Å². The summed E-state index contributed by atoms with van der Waals surface area (Å²) in [7, 11) is 0. The number of hydrogen-bond acceptors (Lipinski definition) is 3. The standard InChI is InChI=1S/C15H29N3O2/c1-2-3-8-13(11-16)17-14(19)12-18-10-7-5-4-6-9-15(18)20/h13H,2-12,16H2,1H3,(H,17,19). The van der Waals surface area contributed by atoms with Gasteiger partial charge in [-0.3, -0.25) is 9.59 Å².